The van der Waals surface area contributed by atoms with Crippen LogP contribution in [0.25, 0.3) is 10.9 Å². The molecular weight excluding hydrogens is 357 g/mol. The summed E-state index contributed by atoms with van der Waals surface area (Å²) in [6, 6.07) is 3.31. The summed E-state index contributed by atoms with van der Waals surface area (Å²) in [7, 11) is -1.52. The zero-order chi connectivity index (χ0) is 18.8. The number of hydrogen-bond donors (Lipinski definition) is 1. The highest BCUT2D eigenvalue weighted by Gasteiger charge is 2.21. The van der Waals surface area contributed by atoms with Gasteiger partial charge in [0.25, 0.3) is 0 Å². The summed E-state index contributed by atoms with van der Waals surface area (Å²) >= 11 is 0.985. The predicted molar refractivity (Wildman–Crippen MR) is 102 cm³/mol. The van der Waals surface area contributed by atoms with E-state index in [0.29, 0.717) is 16.5 Å². The van der Waals surface area contributed by atoms with Crippen LogP contribution in [0.3, 0.4) is 0 Å². The van der Waals surface area contributed by atoms with E-state index in [4.69, 9.17) is 9.84 Å². The number of hydrogen-bond acceptors (Lipinski definition) is 4. The lowest BCUT2D eigenvalue weighted by molar-refractivity contribution is -0.140. The molecule has 0 saturated heterocycles. The summed E-state index contributed by atoms with van der Waals surface area (Å²) < 4.78 is 19.8. The quantitative estimate of drug-likeness (QED) is 0.495. The largest absolute Gasteiger partial charge is 0.478 e. The molecule has 0 radical (unpaired) electrons. The van der Waals surface area contributed by atoms with E-state index in [0.717, 1.165) is 17.3 Å². The fraction of sp³-hybridized carbons (Fsp3) is 0.333. The number of carboxylic acid groups (broad SMARTS) is 1. The Morgan fingerprint density at radius 3 is 2.64 bits per heavy atom. The molecule has 132 valence electrons. The van der Waals surface area contributed by atoms with Crippen LogP contribution in [0, 0.1) is 24.2 Å². The van der Waals surface area contributed by atoms with Gasteiger partial charge in [-0.25, -0.2) is 9.18 Å². The highest BCUT2D eigenvalue weighted by Crippen LogP contribution is 2.30. The molecule has 0 amide bonds. The second-order valence-corrected chi connectivity index (χ2v) is 12.3. The number of ether oxygens (including phenoxy) is 1. The van der Waals surface area contributed by atoms with Crippen molar-refractivity contribution in [2.75, 3.05) is 6.26 Å². The Labute approximate surface area is 151 Å². The molecule has 0 aliphatic heterocycles. The summed E-state index contributed by atoms with van der Waals surface area (Å²) in [6.45, 7) is 8.04. The van der Waals surface area contributed by atoms with Gasteiger partial charge in [0.05, 0.1) is 5.52 Å². The number of fused-ring (bicyclic) bond motifs is 1. The molecule has 1 atom stereocenters. The number of aryl methyl sites for hydroxylation is 1. The van der Waals surface area contributed by atoms with E-state index in [9.17, 15) is 9.18 Å². The number of carboxylic acids is 1. The second kappa shape index (κ2) is 7.46. The normalized spacial score (nSPS) is 12.4. The molecule has 0 saturated carbocycles. The number of benzene rings is 1. The molecule has 0 spiro atoms. The summed E-state index contributed by atoms with van der Waals surface area (Å²) in [5, 5.41) is 9.77. The van der Waals surface area contributed by atoms with Gasteiger partial charge >= 0.3 is 5.97 Å². The van der Waals surface area contributed by atoms with E-state index in [1.807, 2.05) is 6.07 Å². The first-order valence-corrected chi connectivity index (χ1v) is 12.5. The number of nitrogens with zero attached hydrogens (tertiary/aromatic N) is 1. The average Bonchev–Trinajstić information content (AvgIpc) is 2.53. The van der Waals surface area contributed by atoms with Gasteiger partial charge in [0, 0.05) is 22.7 Å². The van der Waals surface area contributed by atoms with Crippen molar-refractivity contribution in [2.24, 2.45) is 0 Å². The molecule has 2 aromatic rings. The highest BCUT2D eigenvalue weighted by molar-refractivity contribution is 7.99. The molecule has 1 N–H and O–H groups in total. The van der Waals surface area contributed by atoms with Crippen LogP contribution in [0.5, 0.6) is 5.75 Å². The summed E-state index contributed by atoms with van der Waals surface area (Å²) in [5.74, 6) is 1.27. The first kappa shape index (κ1) is 19.3. The van der Waals surface area contributed by atoms with E-state index in [1.165, 1.54) is 6.07 Å². The molecule has 7 heteroatoms. The van der Waals surface area contributed by atoms with Crippen LogP contribution in [0.15, 0.2) is 18.3 Å². The molecule has 0 fully saturated rings. The second-order valence-electron chi connectivity index (χ2n) is 6.63. The SMILES string of the molecule is CSC(Oc1cc2cc(C#C[Si](C)(C)C)cnc2c(C)c1F)C(=O)O. The van der Waals surface area contributed by atoms with E-state index in [1.54, 1.807) is 19.4 Å². The van der Waals surface area contributed by atoms with Crippen molar-refractivity contribution < 1.29 is 19.0 Å². The number of rotatable bonds is 4. The minimum Gasteiger partial charge on any atom is -0.478 e. The van der Waals surface area contributed by atoms with Gasteiger partial charge < -0.3 is 9.84 Å². The van der Waals surface area contributed by atoms with Crippen LogP contribution in [-0.2, 0) is 4.79 Å². The van der Waals surface area contributed by atoms with Gasteiger partial charge in [0.2, 0.25) is 5.44 Å². The maximum atomic E-state index is 14.5. The minimum atomic E-state index is -1.52. The van der Waals surface area contributed by atoms with Crippen molar-refractivity contribution in [2.45, 2.75) is 32.0 Å². The number of thioether (sulfide) groups is 1. The van der Waals surface area contributed by atoms with Crippen molar-refractivity contribution in [3.05, 3.63) is 35.3 Å². The average molecular weight is 378 g/mol. The smallest absolute Gasteiger partial charge is 0.355 e. The molecule has 25 heavy (non-hydrogen) atoms. The number of halogens is 1. The van der Waals surface area contributed by atoms with Gasteiger partial charge in [0.1, 0.15) is 8.07 Å². The van der Waals surface area contributed by atoms with Gasteiger partial charge in [0.15, 0.2) is 11.6 Å². The lowest BCUT2D eigenvalue weighted by Crippen LogP contribution is -2.23. The van der Waals surface area contributed by atoms with E-state index >= 15 is 0 Å². The van der Waals surface area contributed by atoms with Gasteiger partial charge in [-0.2, -0.15) is 0 Å². The maximum absolute atomic E-state index is 14.5. The zero-order valence-electron chi connectivity index (χ0n) is 14.8. The van der Waals surface area contributed by atoms with E-state index in [2.05, 4.69) is 36.1 Å². The van der Waals surface area contributed by atoms with Crippen LogP contribution in [0.1, 0.15) is 11.1 Å². The number of aliphatic carboxylic acids is 1. The lowest BCUT2D eigenvalue weighted by atomic mass is 10.1. The van der Waals surface area contributed by atoms with Crippen molar-refractivity contribution in [1.82, 2.24) is 4.98 Å². The molecule has 0 aliphatic rings. The Morgan fingerprint density at radius 2 is 2.08 bits per heavy atom. The first-order chi connectivity index (χ1) is 11.6. The molecule has 0 bridgehead atoms. The predicted octanol–water partition coefficient (Wildman–Crippen LogP) is 4.06. The van der Waals surface area contributed by atoms with Crippen molar-refractivity contribution in [3.63, 3.8) is 0 Å². The molecule has 2 rings (SSSR count). The Kier molecular flexibility index (Phi) is 5.75. The summed E-state index contributed by atoms with van der Waals surface area (Å²) in [5.41, 5.74) is 3.67. The van der Waals surface area contributed by atoms with Crippen LogP contribution >= 0.6 is 11.8 Å². The topological polar surface area (TPSA) is 59.4 Å². The lowest BCUT2D eigenvalue weighted by Gasteiger charge is -2.15. The Hall–Kier alpha value is -2.04. The molecule has 1 aromatic carbocycles. The Bertz CT molecular complexity index is 884. The number of aromatic nitrogens is 1. The molecule has 1 heterocycles. The number of pyridine rings is 1. The molecule has 4 nitrogen and oxygen atoms in total. The molecular formula is C18H20FNO3SSi. The standard InChI is InChI=1S/C18H20FNO3SSi/c1-11-15(19)14(23-18(24-2)17(21)22)9-13-8-12(10-20-16(11)13)6-7-25(3,4)5/h8-10,18H,1-5H3,(H,21,22). The van der Waals surface area contributed by atoms with Crippen LogP contribution in [0.2, 0.25) is 19.6 Å². The van der Waals surface area contributed by atoms with Gasteiger partial charge in [-0.1, -0.05) is 25.6 Å². The fourth-order valence-electron chi connectivity index (χ4n) is 2.13. The molecule has 1 aromatic heterocycles. The third kappa shape index (κ3) is 4.74. The third-order valence-corrected chi connectivity index (χ3v) is 4.94. The fourth-order valence-corrected chi connectivity index (χ4v) is 3.05. The van der Waals surface area contributed by atoms with Crippen molar-refractivity contribution in [3.8, 4) is 17.2 Å². The summed E-state index contributed by atoms with van der Waals surface area (Å²) in [4.78, 5) is 15.4. The first-order valence-electron chi connectivity index (χ1n) is 7.66. The minimum absolute atomic E-state index is 0.0937. The third-order valence-electron chi connectivity index (χ3n) is 3.34. The van der Waals surface area contributed by atoms with Crippen molar-refractivity contribution >= 4 is 36.7 Å². The Balaban J connectivity index is 2.52. The van der Waals surface area contributed by atoms with Crippen LogP contribution < -0.4 is 4.74 Å². The van der Waals surface area contributed by atoms with Crippen molar-refractivity contribution in [1.29, 1.82) is 0 Å². The van der Waals surface area contributed by atoms with Gasteiger partial charge in [-0.15, -0.1) is 17.3 Å². The van der Waals surface area contributed by atoms with E-state index < -0.39 is 25.3 Å². The maximum Gasteiger partial charge on any atom is 0.355 e. The van der Waals surface area contributed by atoms with Crippen LogP contribution in [0.4, 0.5) is 4.39 Å². The van der Waals surface area contributed by atoms with E-state index in [-0.39, 0.29) is 5.75 Å². The monoisotopic (exact) mass is 377 g/mol. The highest BCUT2D eigenvalue weighted by atomic mass is 32.2. The number of carbonyl (C=O) groups is 1. The molecule has 0 aliphatic carbocycles. The van der Waals surface area contributed by atoms with Crippen LogP contribution in [-0.4, -0.2) is 35.8 Å². The van der Waals surface area contributed by atoms with Gasteiger partial charge in [-0.05, 0) is 25.3 Å². The molecule has 1 unspecified atom stereocenters. The Morgan fingerprint density at radius 1 is 1.40 bits per heavy atom. The zero-order valence-corrected chi connectivity index (χ0v) is 16.6. The summed E-state index contributed by atoms with van der Waals surface area (Å²) in [6.07, 6.45) is 3.22. The van der Waals surface area contributed by atoms with Gasteiger partial charge in [-0.3, -0.25) is 4.98 Å².